The molecule has 7 heteroatoms. The molecule has 3 N–H and O–H groups in total. The lowest BCUT2D eigenvalue weighted by Gasteiger charge is -2.09. The van der Waals surface area contributed by atoms with Gasteiger partial charge in [0.05, 0.1) is 25.9 Å². The topological polar surface area (TPSA) is 95.3 Å². The fraction of sp³-hybridized carbons (Fsp3) is 0.556. The number of ether oxygens (including phenoxy) is 1. The lowest BCUT2D eigenvalue weighted by atomic mass is 10.0. The minimum absolute atomic E-state index is 0.0766. The largest absolute Gasteiger partial charge is 0.393 e. The molecule has 3 atom stereocenters. The van der Waals surface area contributed by atoms with Gasteiger partial charge in [0.1, 0.15) is 5.82 Å². The molecule has 3 rings (SSSR count). The predicted molar refractivity (Wildman–Crippen MR) is 94.1 cm³/mol. The van der Waals surface area contributed by atoms with Gasteiger partial charge in [0.2, 0.25) is 0 Å². The molecule has 1 heterocycles. The van der Waals surface area contributed by atoms with E-state index >= 15 is 0 Å². The SMILES string of the molecule is Cn1c([C@H]2C[C@H](CN)[C@H](O)C2)nn(CCOCc2ccccc2)c1=O. The van der Waals surface area contributed by atoms with E-state index in [-0.39, 0.29) is 17.5 Å². The van der Waals surface area contributed by atoms with Gasteiger partial charge >= 0.3 is 5.69 Å². The molecule has 0 unspecified atom stereocenters. The van der Waals surface area contributed by atoms with Crippen LogP contribution < -0.4 is 11.4 Å². The van der Waals surface area contributed by atoms with E-state index in [9.17, 15) is 9.90 Å². The number of aliphatic hydroxyl groups is 1. The molecule has 0 spiro atoms. The zero-order valence-corrected chi connectivity index (χ0v) is 14.5. The number of rotatable bonds is 7. The van der Waals surface area contributed by atoms with Crippen LogP contribution in [0.5, 0.6) is 0 Å². The van der Waals surface area contributed by atoms with Crippen molar-refractivity contribution in [2.75, 3.05) is 13.2 Å². The van der Waals surface area contributed by atoms with E-state index < -0.39 is 6.10 Å². The second-order valence-corrected chi connectivity index (χ2v) is 6.69. The van der Waals surface area contributed by atoms with E-state index in [1.54, 1.807) is 11.6 Å². The number of aromatic nitrogens is 3. The summed E-state index contributed by atoms with van der Waals surface area (Å²) in [5.41, 5.74) is 6.65. The average molecular weight is 346 g/mol. The molecule has 1 aromatic heterocycles. The maximum Gasteiger partial charge on any atom is 0.345 e. The van der Waals surface area contributed by atoms with Crippen LogP contribution >= 0.6 is 0 Å². The van der Waals surface area contributed by atoms with Crippen molar-refractivity contribution in [3.8, 4) is 0 Å². The quantitative estimate of drug-likeness (QED) is 0.716. The number of benzene rings is 1. The number of hydrogen-bond acceptors (Lipinski definition) is 5. The Morgan fingerprint density at radius 1 is 1.32 bits per heavy atom. The molecule has 0 saturated heterocycles. The second kappa shape index (κ2) is 7.95. The fourth-order valence-corrected chi connectivity index (χ4v) is 3.49. The standard InChI is InChI=1S/C18H26N4O3/c1-21-17(14-9-15(11-19)16(23)10-14)20-22(18(21)24)7-8-25-12-13-5-3-2-4-6-13/h2-6,14-16,23H,7-12,19H2,1H3/t14-,15+,16+/m0/s1. The van der Waals surface area contributed by atoms with Gasteiger partial charge in [-0.05, 0) is 30.9 Å². The Bertz CT molecular complexity index is 741. The number of aliphatic hydroxyl groups excluding tert-OH is 1. The Balaban J connectivity index is 1.59. The van der Waals surface area contributed by atoms with Crippen LogP contribution in [0.2, 0.25) is 0 Å². The molecule has 2 aromatic rings. The highest BCUT2D eigenvalue weighted by Gasteiger charge is 2.35. The normalized spacial score (nSPS) is 23.2. The van der Waals surface area contributed by atoms with Gasteiger partial charge in [-0.2, -0.15) is 5.10 Å². The molecule has 1 aliphatic rings. The molecule has 136 valence electrons. The van der Waals surface area contributed by atoms with E-state index in [0.29, 0.717) is 32.7 Å². The molecule has 1 aromatic carbocycles. The van der Waals surface area contributed by atoms with E-state index in [0.717, 1.165) is 17.8 Å². The first-order chi connectivity index (χ1) is 12.1. The maximum absolute atomic E-state index is 12.4. The van der Waals surface area contributed by atoms with E-state index in [4.69, 9.17) is 10.5 Å². The molecule has 7 nitrogen and oxygen atoms in total. The summed E-state index contributed by atoms with van der Waals surface area (Å²) in [6.45, 7) is 1.81. The van der Waals surface area contributed by atoms with Gasteiger partial charge in [-0.3, -0.25) is 4.57 Å². The number of nitrogens with zero attached hydrogens (tertiary/aromatic N) is 3. The number of hydrogen-bond donors (Lipinski definition) is 2. The maximum atomic E-state index is 12.4. The van der Waals surface area contributed by atoms with Crippen LogP contribution in [-0.2, 0) is 24.9 Å². The average Bonchev–Trinajstić information content (AvgIpc) is 3.13. The van der Waals surface area contributed by atoms with Crippen molar-refractivity contribution in [2.45, 2.75) is 38.0 Å². The van der Waals surface area contributed by atoms with Gasteiger partial charge < -0.3 is 15.6 Å². The molecule has 1 aliphatic carbocycles. The van der Waals surface area contributed by atoms with Crippen LogP contribution in [0.1, 0.15) is 30.1 Å². The second-order valence-electron chi connectivity index (χ2n) is 6.69. The van der Waals surface area contributed by atoms with Crippen LogP contribution in [0.4, 0.5) is 0 Å². The Hall–Kier alpha value is -1.96. The molecule has 25 heavy (non-hydrogen) atoms. The zero-order valence-electron chi connectivity index (χ0n) is 14.5. The van der Waals surface area contributed by atoms with Gasteiger partial charge in [0, 0.05) is 13.0 Å². The summed E-state index contributed by atoms with van der Waals surface area (Å²) < 4.78 is 8.66. The molecule has 0 aliphatic heterocycles. The third kappa shape index (κ3) is 4.00. The lowest BCUT2D eigenvalue weighted by Crippen LogP contribution is -2.25. The summed E-state index contributed by atoms with van der Waals surface area (Å²) in [7, 11) is 1.73. The van der Waals surface area contributed by atoms with Crippen LogP contribution in [0, 0.1) is 5.92 Å². The molecule has 1 saturated carbocycles. The Labute approximate surface area is 147 Å². The highest BCUT2D eigenvalue weighted by molar-refractivity contribution is 5.13. The Morgan fingerprint density at radius 3 is 2.76 bits per heavy atom. The molecule has 1 fully saturated rings. The van der Waals surface area contributed by atoms with Crippen molar-refractivity contribution in [3.05, 3.63) is 52.2 Å². The summed E-state index contributed by atoms with van der Waals surface area (Å²) in [6, 6.07) is 9.92. The highest BCUT2D eigenvalue weighted by Crippen LogP contribution is 2.36. The molecule has 0 amide bonds. The van der Waals surface area contributed by atoms with Crippen LogP contribution in [0.15, 0.2) is 35.1 Å². The first-order valence-corrected chi connectivity index (χ1v) is 8.73. The zero-order chi connectivity index (χ0) is 17.8. The van der Waals surface area contributed by atoms with Crippen molar-refractivity contribution >= 4 is 0 Å². The van der Waals surface area contributed by atoms with Gasteiger partial charge in [-0.1, -0.05) is 30.3 Å². The molecule has 0 bridgehead atoms. The summed E-state index contributed by atoms with van der Waals surface area (Å²) >= 11 is 0. The van der Waals surface area contributed by atoms with Crippen molar-refractivity contribution in [3.63, 3.8) is 0 Å². The summed E-state index contributed by atoms with van der Waals surface area (Å²) in [6.07, 6.45) is 0.966. The fourth-order valence-electron chi connectivity index (χ4n) is 3.49. The van der Waals surface area contributed by atoms with Crippen molar-refractivity contribution < 1.29 is 9.84 Å². The Kier molecular flexibility index (Phi) is 5.67. The summed E-state index contributed by atoms with van der Waals surface area (Å²) in [4.78, 5) is 12.4. The van der Waals surface area contributed by atoms with Crippen LogP contribution in [0.3, 0.4) is 0 Å². The van der Waals surface area contributed by atoms with Gasteiger partial charge in [0.25, 0.3) is 0 Å². The van der Waals surface area contributed by atoms with Crippen LogP contribution in [0.25, 0.3) is 0 Å². The minimum Gasteiger partial charge on any atom is -0.393 e. The molecular weight excluding hydrogens is 320 g/mol. The Morgan fingerprint density at radius 2 is 2.08 bits per heavy atom. The van der Waals surface area contributed by atoms with Crippen molar-refractivity contribution in [1.29, 1.82) is 0 Å². The lowest BCUT2D eigenvalue weighted by molar-refractivity contribution is 0.110. The minimum atomic E-state index is -0.413. The molecule has 0 radical (unpaired) electrons. The third-order valence-electron chi connectivity index (χ3n) is 4.96. The molecular formula is C18H26N4O3. The summed E-state index contributed by atoms with van der Waals surface area (Å²) in [5.74, 6) is 0.884. The van der Waals surface area contributed by atoms with Gasteiger partial charge in [-0.25, -0.2) is 9.48 Å². The number of nitrogens with two attached hydrogens (primary N) is 1. The van der Waals surface area contributed by atoms with Crippen molar-refractivity contribution in [2.24, 2.45) is 18.7 Å². The highest BCUT2D eigenvalue weighted by atomic mass is 16.5. The van der Waals surface area contributed by atoms with E-state index in [2.05, 4.69) is 5.10 Å². The smallest absolute Gasteiger partial charge is 0.345 e. The van der Waals surface area contributed by atoms with Crippen molar-refractivity contribution in [1.82, 2.24) is 14.3 Å². The van der Waals surface area contributed by atoms with E-state index in [1.165, 1.54) is 4.68 Å². The van der Waals surface area contributed by atoms with Crippen LogP contribution in [-0.4, -0.2) is 38.7 Å². The third-order valence-corrected chi connectivity index (χ3v) is 4.96. The first-order valence-electron chi connectivity index (χ1n) is 8.73. The monoisotopic (exact) mass is 346 g/mol. The van der Waals surface area contributed by atoms with Gasteiger partial charge in [0.15, 0.2) is 0 Å². The predicted octanol–water partition coefficient (Wildman–Crippen LogP) is 0.612. The summed E-state index contributed by atoms with van der Waals surface area (Å²) in [5, 5.41) is 14.5. The first kappa shape index (κ1) is 17.8. The van der Waals surface area contributed by atoms with E-state index in [1.807, 2.05) is 30.3 Å². The van der Waals surface area contributed by atoms with Gasteiger partial charge in [-0.15, -0.1) is 0 Å².